The van der Waals surface area contributed by atoms with Crippen LogP contribution in [-0.2, 0) is 16.0 Å². The number of rotatable bonds is 7. The average molecular weight is 561 g/mol. The molecule has 0 radical (unpaired) electrons. The van der Waals surface area contributed by atoms with E-state index in [9.17, 15) is 19.2 Å². The van der Waals surface area contributed by atoms with Crippen LogP contribution in [0.25, 0.3) is 0 Å². The number of allylic oxidation sites excluding steroid dienone is 3. The van der Waals surface area contributed by atoms with Crippen LogP contribution in [0.4, 0.5) is 15.2 Å². The number of carbonyl (C=O) groups is 2. The van der Waals surface area contributed by atoms with Crippen molar-refractivity contribution in [3.05, 3.63) is 88.1 Å². The van der Waals surface area contributed by atoms with E-state index in [-0.39, 0.29) is 34.4 Å². The third-order valence-electron chi connectivity index (χ3n) is 6.69. The van der Waals surface area contributed by atoms with E-state index in [1.807, 2.05) is 24.3 Å². The number of thioether (sulfide) groups is 1. The predicted molar refractivity (Wildman–Crippen MR) is 149 cm³/mol. The molecule has 1 amide bonds. The fourth-order valence-electron chi connectivity index (χ4n) is 4.82. The van der Waals surface area contributed by atoms with Crippen LogP contribution in [0.2, 0.25) is 0 Å². The molecule has 0 fully saturated rings. The zero-order valence-corrected chi connectivity index (χ0v) is 22.7. The number of anilines is 2. The van der Waals surface area contributed by atoms with Gasteiger partial charge in [0.05, 0.1) is 23.3 Å². The van der Waals surface area contributed by atoms with E-state index in [1.54, 1.807) is 23.1 Å². The first-order chi connectivity index (χ1) is 18.9. The van der Waals surface area contributed by atoms with Gasteiger partial charge in [-0.25, -0.2) is 4.39 Å². The van der Waals surface area contributed by atoms with Crippen molar-refractivity contribution in [1.82, 2.24) is 10.2 Å². The van der Waals surface area contributed by atoms with Gasteiger partial charge in [-0.1, -0.05) is 60.4 Å². The zero-order valence-electron chi connectivity index (χ0n) is 21.1. The molecule has 5 rings (SSSR count). The first-order valence-corrected chi connectivity index (χ1v) is 14.3. The molecule has 3 aromatic rings. The van der Waals surface area contributed by atoms with Crippen molar-refractivity contribution in [2.45, 2.75) is 42.9 Å². The lowest BCUT2D eigenvalue weighted by Crippen LogP contribution is -2.38. The Morgan fingerprint density at radius 1 is 1.23 bits per heavy atom. The molecule has 8 nitrogen and oxygen atoms in total. The van der Waals surface area contributed by atoms with E-state index in [2.05, 4.69) is 28.5 Å². The molecule has 2 aromatic carbocycles. The number of nitrogens with two attached hydrogens (primary N) is 1. The number of hydrogen-bond acceptors (Lipinski definition) is 9. The monoisotopic (exact) mass is 560 g/mol. The second-order valence-corrected chi connectivity index (χ2v) is 11.3. The number of nitrogens with one attached hydrogen (secondary N) is 1. The van der Waals surface area contributed by atoms with Crippen LogP contribution in [0.3, 0.4) is 0 Å². The summed E-state index contributed by atoms with van der Waals surface area (Å²) in [5, 5.41) is 21.8. The van der Waals surface area contributed by atoms with E-state index in [1.165, 1.54) is 34.7 Å². The summed E-state index contributed by atoms with van der Waals surface area (Å²) in [5.74, 6) is -1.48. The Kier molecular flexibility index (Phi) is 7.77. The third-order valence-corrected chi connectivity index (χ3v) is 8.73. The average Bonchev–Trinajstić information content (AvgIpc) is 3.41. The summed E-state index contributed by atoms with van der Waals surface area (Å²) in [5.41, 5.74) is 9.73. The fraction of sp³-hybridized carbons (Fsp3) is 0.250. The molecule has 1 aliphatic heterocycles. The molecule has 39 heavy (non-hydrogen) atoms. The van der Waals surface area contributed by atoms with E-state index in [4.69, 9.17) is 5.73 Å². The molecule has 1 aliphatic carbocycles. The molecule has 0 spiro atoms. The maximum absolute atomic E-state index is 14.9. The second-order valence-electron chi connectivity index (χ2n) is 9.08. The number of halogens is 1. The molecule has 11 heteroatoms. The number of hydrogen-bond donors (Lipinski definition) is 2. The fourth-order valence-corrected chi connectivity index (χ4v) is 6.51. The summed E-state index contributed by atoms with van der Waals surface area (Å²) in [6, 6.07) is 15.9. The molecule has 2 heterocycles. The molecule has 0 saturated carbocycles. The van der Waals surface area contributed by atoms with E-state index >= 15 is 0 Å². The van der Waals surface area contributed by atoms with Gasteiger partial charge >= 0.3 is 0 Å². The Morgan fingerprint density at radius 2 is 2.00 bits per heavy atom. The summed E-state index contributed by atoms with van der Waals surface area (Å²) in [6.07, 6.45) is 2.36. The number of ketones is 1. The lowest BCUT2D eigenvalue weighted by atomic mass is 9.75. The minimum Gasteiger partial charge on any atom is -0.384 e. The number of nitriles is 1. The Hall–Kier alpha value is -4.01. The zero-order chi connectivity index (χ0) is 27.5. The van der Waals surface area contributed by atoms with Crippen molar-refractivity contribution < 1.29 is 14.0 Å². The van der Waals surface area contributed by atoms with Gasteiger partial charge in [0.15, 0.2) is 10.1 Å². The molecule has 3 N–H and O–H groups in total. The van der Waals surface area contributed by atoms with Gasteiger partial charge in [0.2, 0.25) is 11.0 Å². The maximum atomic E-state index is 14.9. The van der Waals surface area contributed by atoms with Gasteiger partial charge in [-0.3, -0.25) is 14.5 Å². The Balaban J connectivity index is 1.40. The molecule has 1 atom stereocenters. The molecule has 198 valence electrons. The van der Waals surface area contributed by atoms with Crippen LogP contribution in [0, 0.1) is 17.1 Å². The van der Waals surface area contributed by atoms with Gasteiger partial charge in [-0.2, -0.15) is 5.26 Å². The molecule has 0 bridgehead atoms. The summed E-state index contributed by atoms with van der Waals surface area (Å²) in [6.45, 7) is 2.07. The summed E-state index contributed by atoms with van der Waals surface area (Å²) < 4.78 is 15.4. The molecule has 2 aliphatic rings. The maximum Gasteiger partial charge on any atom is 0.234 e. The predicted octanol–water partition coefficient (Wildman–Crippen LogP) is 5.28. The number of amides is 1. The number of Topliss-reactive ketones (excluding diaryl/α,β-unsaturated/α-hetero) is 1. The van der Waals surface area contributed by atoms with Crippen LogP contribution in [0.1, 0.15) is 43.2 Å². The number of aromatic nitrogens is 2. The largest absolute Gasteiger partial charge is 0.384 e. The van der Waals surface area contributed by atoms with Gasteiger partial charge in [0, 0.05) is 28.9 Å². The van der Waals surface area contributed by atoms with Crippen molar-refractivity contribution in [2.24, 2.45) is 5.73 Å². The SMILES string of the molecule is CCc1ccc(NC(=O)CSc2nnc(N3C(N)=C(C#N)C(c4ccccc4F)C4=C3CCCC4=O)s2)cc1. The van der Waals surface area contributed by atoms with Crippen molar-refractivity contribution in [3.8, 4) is 6.07 Å². The number of nitrogens with zero attached hydrogens (tertiary/aromatic N) is 4. The van der Waals surface area contributed by atoms with E-state index in [0.29, 0.717) is 40.0 Å². The normalized spacial score (nSPS) is 17.2. The smallest absolute Gasteiger partial charge is 0.234 e. The Labute approximate surface area is 233 Å². The van der Waals surface area contributed by atoms with Crippen molar-refractivity contribution in [3.63, 3.8) is 0 Å². The van der Waals surface area contributed by atoms with Gasteiger partial charge in [-0.05, 0) is 43.0 Å². The summed E-state index contributed by atoms with van der Waals surface area (Å²) >= 11 is 2.44. The van der Waals surface area contributed by atoms with Crippen LogP contribution in [0.15, 0.2) is 75.5 Å². The van der Waals surface area contributed by atoms with Gasteiger partial charge in [-0.15, -0.1) is 10.2 Å². The molecule has 1 aromatic heterocycles. The van der Waals surface area contributed by atoms with Crippen LogP contribution >= 0.6 is 23.1 Å². The van der Waals surface area contributed by atoms with Crippen LogP contribution in [0.5, 0.6) is 0 Å². The van der Waals surface area contributed by atoms with Crippen LogP contribution < -0.4 is 16.0 Å². The standard InChI is InChI=1S/C28H25FN6O2S2/c1-2-16-10-12-17(13-11-16)32-23(37)15-38-28-34-33-27(39-28)35-21-8-5-9-22(36)25(21)24(19(14-30)26(35)31)18-6-3-4-7-20(18)29/h3-4,6-7,10-13,24H,2,5,8-9,15,31H2,1H3,(H,32,37). The number of aryl methyl sites for hydroxylation is 1. The molecular formula is C28H25FN6O2S2. The highest BCUT2D eigenvalue weighted by molar-refractivity contribution is 8.01. The minimum atomic E-state index is -0.882. The van der Waals surface area contributed by atoms with E-state index < -0.39 is 11.7 Å². The highest BCUT2D eigenvalue weighted by Crippen LogP contribution is 2.47. The molecule has 1 unspecified atom stereocenters. The topological polar surface area (TPSA) is 125 Å². The first-order valence-electron chi connectivity index (χ1n) is 12.5. The Morgan fingerprint density at radius 3 is 2.72 bits per heavy atom. The first kappa shape index (κ1) is 26.6. The van der Waals surface area contributed by atoms with Gasteiger partial charge < -0.3 is 11.1 Å². The minimum absolute atomic E-state index is 0.0898. The van der Waals surface area contributed by atoms with E-state index in [0.717, 1.165) is 12.1 Å². The Bertz CT molecular complexity index is 1540. The lowest BCUT2D eigenvalue weighted by Gasteiger charge is -2.38. The van der Waals surface area contributed by atoms with Crippen molar-refractivity contribution in [2.75, 3.05) is 16.0 Å². The number of benzene rings is 2. The summed E-state index contributed by atoms with van der Waals surface area (Å²) in [7, 11) is 0. The highest BCUT2D eigenvalue weighted by Gasteiger charge is 2.42. The number of carbonyl (C=O) groups excluding carboxylic acids is 2. The van der Waals surface area contributed by atoms with Gasteiger partial charge in [0.25, 0.3) is 0 Å². The third kappa shape index (κ3) is 5.30. The van der Waals surface area contributed by atoms with Crippen molar-refractivity contribution >= 4 is 45.6 Å². The van der Waals surface area contributed by atoms with Crippen molar-refractivity contribution in [1.29, 1.82) is 5.26 Å². The quantitative estimate of drug-likeness (QED) is 0.374. The van der Waals surface area contributed by atoms with Crippen LogP contribution in [-0.4, -0.2) is 27.6 Å². The second kappa shape index (κ2) is 11.4. The lowest BCUT2D eigenvalue weighted by molar-refractivity contribution is -0.116. The summed E-state index contributed by atoms with van der Waals surface area (Å²) in [4.78, 5) is 27.3. The molecular weight excluding hydrogens is 535 g/mol. The molecule has 0 saturated heterocycles. The van der Waals surface area contributed by atoms with Gasteiger partial charge in [0.1, 0.15) is 11.6 Å². The highest BCUT2D eigenvalue weighted by atomic mass is 32.2.